The summed E-state index contributed by atoms with van der Waals surface area (Å²) in [6.45, 7) is 5.75. The summed E-state index contributed by atoms with van der Waals surface area (Å²) >= 11 is 0. The number of carbonyl (C=O) groups excluding carboxylic acids is 3. The molecule has 4 rings (SSSR count). The minimum atomic E-state index is -0.459. The molecule has 2 amide bonds. The van der Waals surface area contributed by atoms with Crippen LogP contribution in [-0.2, 0) is 6.42 Å². The molecule has 0 atom stereocenters. The SMILES string of the molecule is Cc1c(C(=O)Nc2ccccc2NC(=O)c2ccccc2)oc2c1C(=O)CC(C)(C)C2. The zero-order valence-electron chi connectivity index (χ0n) is 17.7. The highest BCUT2D eigenvalue weighted by Gasteiger charge is 2.37. The summed E-state index contributed by atoms with van der Waals surface area (Å²) < 4.78 is 5.85. The van der Waals surface area contributed by atoms with Crippen molar-refractivity contribution in [3.05, 3.63) is 82.8 Å². The minimum absolute atomic E-state index is 0.00192. The molecule has 1 aliphatic rings. The summed E-state index contributed by atoms with van der Waals surface area (Å²) in [6.07, 6.45) is 1.03. The molecule has 0 aliphatic heterocycles. The Morgan fingerprint density at radius 1 is 0.871 bits per heavy atom. The van der Waals surface area contributed by atoms with Crippen molar-refractivity contribution in [1.29, 1.82) is 0 Å². The molecular formula is C25H24N2O4. The Labute approximate surface area is 180 Å². The predicted octanol–water partition coefficient (Wildman–Crippen LogP) is 5.25. The Kier molecular flexibility index (Phi) is 5.23. The molecule has 31 heavy (non-hydrogen) atoms. The van der Waals surface area contributed by atoms with Crippen molar-refractivity contribution < 1.29 is 18.8 Å². The van der Waals surface area contributed by atoms with Crippen LogP contribution in [0.1, 0.15) is 62.9 Å². The summed E-state index contributed by atoms with van der Waals surface area (Å²) in [7, 11) is 0. The van der Waals surface area contributed by atoms with Gasteiger partial charge in [-0.2, -0.15) is 0 Å². The van der Waals surface area contributed by atoms with Gasteiger partial charge in [0.15, 0.2) is 11.5 Å². The van der Waals surface area contributed by atoms with Crippen LogP contribution in [0, 0.1) is 12.3 Å². The van der Waals surface area contributed by atoms with E-state index in [1.165, 1.54) is 0 Å². The van der Waals surface area contributed by atoms with Gasteiger partial charge in [0, 0.05) is 24.0 Å². The lowest BCUT2D eigenvalue weighted by Crippen LogP contribution is -2.26. The Balaban J connectivity index is 1.58. The van der Waals surface area contributed by atoms with E-state index >= 15 is 0 Å². The third kappa shape index (κ3) is 4.14. The van der Waals surface area contributed by atoms with Crippen molar-refractivity contribution in [3.8, 4) is 0 Å². The normalized spacial score (nSPS) is 14.6. The van der Waals surface area contributed by atoms with Crippen LogP contribution in [0.15, 0.2) is 59.0 Å². The molecule has 1 heterocycles. The van der Waals surface area contributed by atoms with E-state index < -0.39 is 5.91 Å². The molecule has 0 radical (unpaired) electrons. The summed E-state index contributed by atoms with van der Waals surface area (Å²) in [5.74, 6) is -0.0458. The molecule has 6 heteroatoms. The zero-order valence-corrected chi connectivity index (χ0v) is 17.7. The number of amides is 2. The number of rotatable bonds is 4. The first kappa shape index (κ1) is 20.6. The second-order valence-corrected chi connectivity index (χ2v) is 8.62. The number of hydrogen-bond acceptors (Lipinski definition) is 4. The van der Waals surface area contributed by atoms with Crippen LogP contribution in [0.25, 0.3) is 0 Å². The van der Waals surface area contributed by atoms with E-state index in [9.17, 15) is 14.4 Å². The van der Waals surface area contributed by atoms with Gasteiger partial charge < -0.3 is 15.1 Å². The first-order chi connectivity index (χ1) is 14.7. The van der Waals surface area contributed by atoms with Crippen LogP contribution >= 0.6 is 0 Å². The van der Waals surface area contributed by atoms with E-state index in [4.69, 9.17) is 4.42 Å². The molecule has 1 aromatic heterocycles. The molecule has 0 bridgehead atoms. The maximum absolute atomic E-state index is 13.0. The highest BCUT2D eigenvalue weighted by atomic mass is 16.4. The molecule has 0 fully saturated rings. The maximum atomic E-state index is 13.0. The highest BCUT2D eigenvalue weighted by molar-refractivity contribution is 6.11. The average Bonchev–Trinajstić information content (AvgIpc) is 3.05. The Hall–Kier alpha value is -3.67. The third-order valence-corrected chi connectivity index (χ3v) is 5.44. The number of anilines is 2. The quantitative estimate of drug-likeness (QED) is 0.608. The summed E-state index contributed by atoms with van der Waals surface area (Å²) in [4.78, 5) is 38.1. The van der Waals surface area contributed by atoms with Crippen LogP contribution in [0.2, 0.25) is 0 Å². The van der Waals surface area contributed by atoms with E-state index in [2.05, 4.69) is 10.6 Å². The lowest BCUT2D eigenvalue weighted by molar-refractivity contribution is 0.0898. The van der Waals surface area contributed by atoms with Crippen molar-refractivity contribution in [2.75, 3.05) is 10.6 Å². The molecule has 158 valence electrons. The fraction of sp³-hybridized carbons (Fsp3) is 0.240. The molecule has 1 aliphatic carbocycles. The van der Waals surface area contributed by atoms with E-state index in [1.54, 1.807) is 55.5 Å². The molecule has 0 saturated heterocycles. The summed E-state index contributed by atoms with van der Waals surface area (Å²) in [5, 5.41) is 5.64. The van der Waals surface area contributed by atoms with E-state index in [-0.39, 0.29) is 22.9 Å². The topological polar surface area (TPSA) is 88.4 Å². The second-order valence-electron chi connectivity index (χ2n) is 8.62. The monoisotopic (exact) mass is 416 g/mol. The number of para-hydroxylation sites is 2. The number of nitrogens with one attached hydrogen (secondary N) is 2. The van der Waals surface area contributed by atoms with E-state index in [0.717, 1.165) is 0 Å². The molecule has 3 aromatic rings. The standard InChI is InChI=1S/C25H24N2O4/c1-15-21-19(28)13-25(2,3)14-20(21)31-22(15)24(30)27-18-12-8-7-11-17(18)26-23(29)16-9-5-4-6-10-16/h4-12H,13-14H2,1-3H3,(H,26,29)(H,27,30). The van der Waals surface area contributed by atoms with E-state index in [0.29, 0.717) is 46.7 Å². The van der Waals surface area contributed by atoms with Gasteiger partial charge >= 0.3 is 0 Å². The van der Waals surface area contributed by atoms with Crippen LogP contribution in [0.5, 0.6) is 0 Å². The first-order valence-electron chi connectivity index (χ1n) is 10.2. The number of hydrogen-bond donors (Lipinski definition) is 2. The van der Waals surface area contributed by atoms with Crippen LogP contribution in [0.4, 0.5) is 11.4 Å². The average molecular weight is 416 g/mol. The van der Waals surface area contributed by atoms with Gasteiger partial charge in [-0.25, -0.2) is 0 Å². The Morgan fingerprint density at radius 2 is 1.45 bits per heavy atom. The predicted molar refractivity (Wildman–Crippen MR) is 119 cm³/mol. The highest BCUT2D eigenvalue weighted by Crippen LogP contribution is 2.38. The number of furan rings is 1. The van der Waals surface area contributed by atoms with Gasteiger partial charge in [-0.3, -0.25) is 14.4 Å². The fourth-order valence-corrected chi connectivity index (χ4v) is 3.96. The number of carbonyl (C=O) groups is 3. The molecule has 0 spiro atoms. The van der Waals surface area contributed by atoms with Gasteiger partial charge in [0.1, 0.15) is 5.76 Å². The summed E-state index contributed by atoms with van der Waals surface area (Å²) in [5.41, 5.74) is 2.30. The molecule has 2 aromatic carbocycles. The van der Waals surface area contributed by atoms with Crippen LogP contribution in [-0.4, -0.2) is 17.6 Å². The molecule has 6 nitrogen and oxygen atoms in total. The fourth-order valence-electron chi connectivity index (χ4n) is 3.96. The molecular weight excluding hydrogens is 392 g/mol. The third-order valence-electron chi connectivity index (χ3n) is 5.44. The van der Waals surface area contributed by atoms with Gasteiger partial charge in [0.25, 0.3) is 11.8 Å². The molecule has 0 unspecified atom stereocenters. The van der Waals surface area contributed by atoms with Crippen molar-refractivity contribution >= 4 is 29.0 Å². The van der Waals surface area contributed by atoms with Crippen molar-refractivity contribution in [2.24, 2.45) is 5.41 Å². The van der Waals surface area contributed by atoms with Gasteiger partial charge in [-0.15, -0.1) is 0 Å². The first-order valence-corrected chi connectivity index (χ1v) is 10.2. The van der Waals surface area contributed by atoms with Crippen LogP contribution in [0.3, 0.4) is 0 Å². The zero-order chi connectivity index (χ0) is 22.2. The number of Topliss-reactive ketones (excluding diaryl/α,β-unsaturated/α-hetero) is 1. The lowest BCUT2D eigenvalue weighted by atomic mass is 9.76. The minimum Gasteiger partial charge on any atom is -0.455 e. The number of ketones is 1. The number of fused-ring (bicyclic) bond motifs is 1. The van der Waals surface area contributed by atoms with Gasteiger partial charge in [0.2, 0.25) is 0 Å². The second kappa shape index (κ2) is 7.87. The van der Waals surface area contributed by atoms with Crippen LogP contribution < -0.4 is 10.6 Å². The Morgan fingerprint density at radius 3 is 2.10 bits per heavy atom. The molecule has 0 saturated carbocycles. The molecule has 2 N–H and O–H groups in total. The van der Waals surface area contributed by atoms with E-state index in [1.807, 2.05) is 19.9 Å². The lowest BCUT2D eigenvalue weighted by Gasteiger charge is -2.27. The maximum Gasteiger partial charge on any atom is 0.291 e. The van der Waals surface area contributed by atoms with Crippen molar-refractivity contribution in [1.82, 2.24) is 0 Å². The summed E-state index contributed by atoms with van der Waals surface area (Å²) in [6, 6.07) is 15.8. The van der Waals surface area contributed by atoms with Gasteiger partial charge in [-0.05, 0) is 36.6 Å². The van der Waals surface area contributed by atoms with Crippen molar-refractivity contribution in [2.45, 2.75) is 33.6 Å². The number of benzene rings is 2. The van der Waals surface area contributed by atoms with Gasteiger partial charge in [-0.1, -0.05) is 44.2 Å². The largest absolute Gasteiger partial charge is 0.455 e. The Bertz CT molecular complexity index is 1180. The smallest absolute Gasteiger partial charge is 0.291 e. The van der Waals surface area contributed by atoms with Gasteiger partial charge in [0.05, 0.1) is 16.9 Å². The van der Waals surface area contributed by atoms with Crippen molar-refractivity contribution in [3.63, 3.8) is 0 Å².